The van der Waals surface area contributed by atoms with Crippen LogP contribution >= 0.6 is 23.2 Å². The molecule has 0 saturated carbocycles. The topological polar surface area (TPSA) is 88.2 Å². The molecule has 0 radical (unpaired) electrons. The first kappa shape index (κ1) is 30.2. The van der Waals surface area contributed by atoms with Crippen LogP contribution in [-0.4, -0.2) is 59.5 Å². The first-order chi connectivity index (χ1) is 19.5. The highest BCUT2D eigenvalue weighted by Crippen LogP contribution is 2.26. The zero-order chi connectivity index (χ0) is 29.6. The quantitative estimate of drug-likeness (QED) is 0.315. The Morgan fingerprint density at radius 3 is 1.98 bits per heavy atom. The molecule has 0 atom stereocenters. The lowest BCUT2D eigenvalue weighted by Gasteiger charge is -2.35. The minimum absolute atomic E-state index is 0.0699. The number of halogens is 2. The average molecular weight is 599 g/mol. The molecular formula is C31H33Cl2N3O5. The zero-order valence-corrected chi connectivity index (χ0v) is 24.8. The molecule has 0 spiro atoms. The van der Waals surface area contributed by atoms with Crippen molar-refractivity contribution in [2.24, 2.45) is 0 Å². The molecule has 216 valence electrons. The summed E-state index contributed by atoms with van der Waals surface area (Å²) in [6.07, 6.45) is 0.662. The van der Waals surface area contributed by atoms with Crippen molar-refractivity contribution in [3.63, 3.8) is 0 Å². The summed E-state index contributed by atoms with van der Waals surface area (Å²) in [4.78, 5) is 40.9. The number of aryl methyl sites for hydroxylation is 1. The molecule has 8 nitrogen and oxygen atoms in total. The maximum Gasteiger partial charge on any atom is 0.410 e. The van der Waals surface area contributed by atoms with Crippen molar-refractivity contribution >= 4 is 46.8 Å². The van der Waals surface area contributed by atoms with Gasteiger partial charge in [-0.3, -0.25) is 9.59 Å². The van der Waals surface area contributed by atoms with Gasteiger partial charge >= 0.3 is 6.09 Å². The third kappa shape index (κ3) is 8.87. The van der Waals surface area contributed by atoms with E-state index in [1.165, 1.54) is 6.07 Å². The highest BCUT2D eigenvalue weighted by molar-refractivity contribution is 6.42. The highest BCUT2D eigenvalue weighted by atomic mass is 35.5. The van der Waals surface area contributed by atoms with E-state index in [9.17, 15) is 14.4 Å². The number of ether oxygens (including phenoxy) is 2. The number of carbonyl (C=O) groups is 3. The van der Waals surface area contributed by atoms with Crippen LogP contribution in [-0.2, 0) is 16.0 Å². The monoisotopic (exact) mass is 597 g/mol. The molecule has 10 heteroatoms. The second kappa shape index (κ2) is 13.3. The van der Waals surface area contributed by atoms with E-state index in [1.54, 1.807) is 46.2 Å². The van der Waals surface area contributed by atoms with Gasteiger partial charge in [0.25, 0.3) is 5.91 Å². The molecule has 41 heavy (non-hydrogen) atoms. The second-order valence-electron chi connectivity index (χ2n) is 10.7. The average Bonchev–Trinajstić information content (AvgIpc) is 2.94. The molecule has 1 aliphatic heterocycles. The summed E-state index contributed by atoms with van der Waals surface area (Å²) < 4.78 is 11.3. The molecule has 1 fully saturated rings. The molecule has 1 N–H and O–H groups in total. The summed E-state index contributed by atoms with van der Waals surface area (Å²) in [7, 11) is 0. The normalized spacial score (nSPS) is 13.5. The number of anilines is 1. The van der Waals surface area contributed by atoms with Gasteiger partial charge in [0.05, 0.1) is 10.0 Å². The van der Waals surface area contributed by atoms with Gasteiger partial charge in [-0.15, -0.1) is 0 Å². The fourth-order valence-electron chi connectivity index (χ4n) is 4.18. The minimum atomic E-state index is -0.538. The Morgan fingerprint density at radius 2 is 1.39 bits per heavy atom. The van der Waals surface area contributed by atoms with Gasteiger partial charge in [0.1, 0.15) is 17.1 Å². The van der Waals surface area contributed by atoms with E-state index >= 15 is 0 Å². The number of hydrogen-bond donors (Lipinski definition) is 1. The molecule has 3 aromatic carbocycles. The van der Waals surface area contributed by atoms with Crippen LogP contribution in [0.1, 0.15) is 43.1 Å². The number of hydrogen-bond acceptors (Lipinski definition) is 5. The van der Waals surface area contributed by atoms with Gasteiger partial charge < -0.3 is 24.6 Å². The van der Waals surface area contributed by atoms with E-state index < -0.39 is 5.60 Å². The SMILES string of the molecule is CC(C)(C)OC(=O)N1CCN(C(=O)CCc2ccc(Oc3ccc(NC(=O)c4ccc(Cl)c(Cl)c4)cc3)cc2)CC1. The summed E-state index contributed by atoms with van der Waals surface area (Å²) in [5.41, 5.74) is 1.50. The van der Waals surface area contributed by atoms with E-state index in [-0.39, 0.29) is 17.9 Å². The highest BCUT2D eigenvalue weighted by Gasteiger charge is 2.27. The summed E-state index contributed by atoms with van der Waals surface area (Å²) in [5.74, 6) is 1.05. The van der Waals surface area contributed by atoms with Crippen LogP contribution in [0.4, 0.5) is 10.5 Å². The van der Waals surface area contributed by atoms with E-state index in [0.717, 1.165) is 5.56 Å². The van der Waals surface area contributed by atoms with Crippen LogP contribution in [0.15, 0.2) is 66.7 Å². The second-order valence-corrected chi connectivity index (χ2v) is 11.5. The summed E-state index contributed by atoms with van der Waals surface area (Å²) >= 11 is 11.9. The number of benzene rings is 3. The third-order valence-electron chi connectivity index (χ3n) is 6.36. The Labute approximate surface area is 250 Å². The number of amides is 3. The van der Waals surface area contributed by atoms with Gasteiger partial charge in [0.15, 0.2) is 0 Å². The minimum Gasteiger partial charge on any atom is -0.457 e. The van der Waals surface area contributed by atoms with E-state index in [1.807, 2.05) is 45.0 Å². The first-order valence-electron chi connectivity index (χ1n) is 13.4. The lowest BCUT2D eigenvalue weighted by molar-refractivity contribution is -0.132. The standard InChI is InChI=1S/C31H33Cl2N3O5/c1-31(2,3)41-30(39)36-18-16-35(17-19-36)28(37)15-6-21-4-10-24(11-5-21)40-25-12-8-23(9-13-25)34-29(38)22-7-14-26(32)27(33)20-22/h4-5,7-14,20H,6,15-19H2,1-3H3,(H,34,38). The first-order valence-corrected chi connectivity index (χ1v) is 14.1. The van der Waals surface area contributed by atoms with Gasteiger partial charge in [-0.2, -0.15) is 0 Å². The Hall–Kier alpha value is -3.75. The van der Waals surface area contributed by atoms with Crippen molar-refractivity contribution in [3.05, 3.63) is 87.9 Å². The number of carbonyl (C=O) groups excluding carboxylic acids is 3. The predicted octanol–water partition coefficient (Wildman–Crippen LogP) is 7.05. The van der Waals surface area contributed by atoms with Gasteiger partial charge in [-0.1, -0.05) is 35.3 Å². The summed E-state index contributed by atoms with van der Waals surface area (Å²) in [5, 5.41) is 3.52. The van der Waals surface area contributed by atoms with Crippen LogP contribution in [0.2, 0.25) is 10.0 Å². The van der Waals surface area contributed by atoms with Crippen molar-refractivity contribution in [1.82, 2.24) is 9.80 Å². The fraction of sp³-hybridized carbons (Fsp3) is 0.323. The van der Waals surface area contributed by atoms with Gasteiger partial charge in [-0.25, -0.2) is 4.79 Å². The molecule has 1 heterocycles. The lowest BCUT2D eigenvalue weighted by Crippen LogP contribution is -2.51. The smallest absolute Gasteiger partial charge is 0.410 e. The zero-order valence-electron chi connectivity index (χ0n) is 23.3. The number of nitrogens with zero attached hydrogens (tertiary/aromatic N) is 2. The van der Waals surface area contributed by atoms with Crippen molar-refractivity contribution in [2.45, 2.75) is 39.2 Å². The molecule has 0 aliphatic carbocycles. The molecule has 0 bridgehead atoms. The van der Waals surface area contributed by atoms with Crippen molar-refractivity contribution < 1.29 is 23.9 Å². The summed E-state index contributed by atoms with van der Waals surface area (Å²) in [6, 6.07) is 19.3. The van der Waals surface area contributed by atoms with Crippen LogP contribution in [0, 0.1) is 0 Å². The molecule has 4 rings (SSSR count). The van der Waals surface area contributed by atoms with Crippen LogP contribution < -0.4 is 10.1 Å². The Bertz CT molecular complexity index is 1380. The van der Waals surface area contributed by atoms with Crippen LogP contribution in [0.3, 0.4) is 0 Å². The molecule has 1 saturated heterocycles. The number of rotatable bonds is 7. The molecule has 1 aliphatic rings. The van der Waals surface area contributed by atoms with Gasteiger partial charge in [0, 0.05) is 43.9 Å². The largest absolute Gasteiger partial charge is 0.457 e. The van der Waals surface area contributed by atoms with Crippen LogP contribution in [0.5, 0.6) is 11.5 Å². The molecular weight excluding hydrogens is 565 g/mol. The fourth-order valence-corrected chi connectivity index (χ4v) is 4.48. The Kier molecular flexibility index (Phi) is 9.78. The number of piperazine rings is 1. The maximum absolute atomic E-state index is 12.7. The molecule has 3 amide bonds. The lowest BCUT2D eigenvalue weighted by atomic mass is 10.1. The molecule has 0 unspecified atom stereocenters. The van der Waals surface area contributed by atoms with Crippen LogP contribution in [0.25, 0.3) is 0 Å². The van der Waals surface area contributed by atoms with Gasteiger partial charge in [-0.05, 0) is 87.4 Å². The van der Waals surface area contributed by atoms with Crippen molar-refractivity contribution in [1.29, 1.82) is 0 Å². The van der Waals surface area contributed by atoms with Crippen molar-refractivity contribution in [2.75, 3.05) is 31.5 Å². The third-order valence-corrected chi connectivity index (χ3v) is 7.10. The predicted molar refractivity (Wildman–Crippen MR) is 160 cm³/mol. The summed E-state index contributed by atoms with van der Waals surface area (Å²) in [6.45, 7) is 7.46. The van der Waals surface area contributed by atoms with E-state index in [2.05, 4.69) is 5.32 Å². The number of nitrogens with one attached hydrogen (secondary N) is 1. The molecule has 3 aromatic rings. The molecule has 0 aromatic heterocycles. The van der Waals surface area contributed by atoms with E-state index in [4.69, 9.17) is 32.7 Å². The maximum atomic E-state index is 12.7. The van der Waals surface area contributed by atoms with Gasteiger partial charge in [0.2, 0.25) is 5.91 Å². The Morgan fingerprint density at radius 1 is 0.805 bits per heavy atom. The van der Waals surface area contributed by atoms with E-state index in [0.29, 0.717) is 71.8 Å². The van der Waals surface area contributed by atoms with Crippen molar-refractivity contribution in [3.8, 4) is 11.5 Å². The Balaban J connectivity index is 1.21.